The first-order valence-corrected chi connectivity index (χ1v) is 17.9. The average Bonchev–Trinajstić information content (AvgIpc) is 3.62. The quantitative estimate of drug-likeness (QED) is 0.247. The van der Waals surface area contributed by atoms with E-state index in [0.29, 0.717) is 44.2 Å². The van der Waals surface area contributed by atoms with Crippen LogP contribution in [0.4, 0.5) is 13.6 Å². The van der Waals surface area contributed by atoms with Crippen LogP contribution in [0.3, 0.4) is 0 Å². The molecular formula is C37H51BF2N4O5. The Hall–Kier alpha value is -3.01. The highest BCUT2D eigenvalue weighted by molar-refractivity contribution is 6.47. The molecule has 1 unspecified atom stereocenters. The summed E-state index contributed by atoms with van der Waals surface area (Å²) in [7, 11) is -0.626. The lowest BCUT2D eigenvalue weighted by Gasteiger charge is -2.64. The highest BCUT2D eigenvalue weighted by Gasteiger charge is 2.68. The number of ether oxygens (including phenoxy) is 1. The molecule has 12 heteroatoms. The van der Waals surface area contributed by atoms with Gasteiger partial charge < -0.3 is 24.3 Å². The summed E-state index contributed by atoms with van der Waals surface area (Å²) in [4.78, 5) is 30.2. The molecule has 1 N–H and O–H groups in total. The van der Waals surface area contributed by atoms with E-state index in [1.807, 2.05) is 44.2 Å². The van der Waals surface area contributed by atoms with Crippen molar-refractivity contribution in [3.05, 3.63) is 48.0 Å². The van der Waals surface area contributed by atoms with Gasteiger partial charge in [-0.05, 0) is 82.1 Å². The molecule has 49 heavy (non-hydrogen) atoms. The van der Waals surface area contributed by atoms with Crippen LogP contribution < -0.4 is 5.32 Å². The number of halogens is 2. The van der Waals surface area contributed by atoms with Crippen molar-refractivity contribution < 1.29 is 32.4 Å². The first-order chi connectivity index (χ1) is 23.1. The zero-order chi connectivity index (χ0) is 35.2. The van der Waals surface area contributed by atoms with E-state index in [2.05, 4.69) is 32.2 Å². The Labute approximate surface area is 289 Å². The summed E-state index contributed by atoms with van der Waals surface area (Å²) >= 11 is 0. The van der Waals surface area contributed by atoms with Crippen LogP contribution in [0.5, 0.6) is 0 Å². The van der Waals surface area contributed by atoms with E-state index in [1.165, 1.54) is 0 Å². The van der Waals surface area contributed by atoms with Gasteiger partial charge in [-0.1, -0.05) is 56.3 Å². The van der Waals surface area contributed by atoms with Crippen molar-refractivity contribution >= 4 is 19.1 Å². The first kappa shape index (κ1) is 35.8. The molecule has 0 spiro atoms. The maximum Gasteiger partial charge on any atom is 0.482 e. The largest absolute Gasteiger partial charge is 0.482 e. The minimum Gasteiger partial charge on any atom is -0.444 e. The number of hydrogen-bond donors (Lipinski definition) is 1. The zero-order valence-electron chi connectivity index (χ0n) is 29.5. The number of carbonyl (C=O) groups is 2. The number of alkyl halides is 2. The van der Waals surface area contributed by atoms with Crippen LogP contribution in [-0.2, 0) is 25.3 Å². The van der Waals surface area contributed by atoms with Gasteiger partial charge in [-0.3, -0.25) is 9.69 Å². The van der Waals surface area contributed by atoms with Gasteiger partial charge in [-0.25, -0.2) is 13.6 Å². The Balaban J connectivity index is 1.05. The highest BCUT2D eigenvalue weighted by Crippen LogP contribution is 2.65. The molecule has 6 fully saturated rings. The Kier molecular flexibility index (Phi) is 9.95. The molecule has 1 aromatic rings. The minimum atomic E-state index is -2.70. The molecule has 266 valence electrons. The molecule has 7 atom stereocenters. The average molecular weight is 681 g/mol. The molecule has 3 saturated heterocycles. The SMILES string of the molecule is CC1(C)[C@@H]2C[C@H]3OB([C@H](Cc4ccccc4)NC(=O)O[C@@H]4CCCN(C(=O)C(C#N)C/C=C/C(C)(C)N5CCC(F)(F)C5)C4)O[C@@]3(C)[C@H]1C2. The highest BCUT2D eigenvalue weighted by atomic mass is 19.3. The number of nitrogens with one attached hydrogen (secondary N) is 1. The Bertz CT molecular complexity index is 1450. The minimum absolute atomic E-state index is 0.0257. The van der Waals surface area contributed by atoms with Crippen LogP contribution in [0.1, 0.15) is 78.7 Å². The van der Waals surface area contributed by atoms with Crippen LogP contribution in [0.2, 0.25) is 0 Å². The number of benzene rings is 1. The summed E-state index contributed by atoms with van der Waals surface area (Å²) in [5.41, 5.74) is 0.191. The van der Waals surface area contributed by atoms with E-state index < -0.39 is 48.2 Å². The van der Waals surface area contributed by atoms with Gasteiger partial charge in [0.05, 0.1) is 36.8 Å². The monoisotopic (exact) mass is 680 g/mol. The Morgan fingerprint density at radius 3 is 2.63 bits per heavy atom. The van der Waals surface area contributed by atoms with Gasteiger partial charge in [-0.15, -0.1) is 0 Å². The van der Waals surface area contributed by atoms with Crippen LogP contribution in [-0.4, -0.2) is 90.3 Å². The van der Waals surface area contributed by atoms with Gasteiger partial charge in [0, 0.05) is 25.0 Å². The van der Waals surface area contributed by atoms with Crippen molar-refractivity contribution in [1.82, 2.24) is 15.1 Å². The summed E-state index contributed by atoms with van der Waals surface area (Å²) in [5.74, 6) is -3.43. The van der Waals surface area contributed by atoms with Crippen molar-refractivity contribution in [2.45, 2.75) is 115 Å². The van der Waals surface area contributed by atoms with E-state index in [1.54, 1.807) is 22.0 Å². The number of nitriles is 1. The van der Waals surface area contributed by atoms with Crippen LogP contribution in [0.25, 0.3) is 0 Å². The summed E-state index contributed by atoms with van der Waals surface area (Å²) in [6.07, 6.45) is 6.22. The van der Waals surface area contributed by atoms with Crippen molar-refractivity contribution in [2.75, 3.05) is 26.2 Å². The summed E-state index contributed by atoms with van der Waals surface area (Å²) < 4.78 is 46.7. The Morgan fingerprint density at radius 1 is 1.20 bits per heavy atom. The zero-order valence-corrected chi connectivity index (χ0v) is 29.5. The van der Waals surface area contributed by atoms with E-state index in [0.717, 1.165) is 18.4 Å². The van der Waals surface area contributed by atoms with Gasteiger partial charge >= 0.3 is 13.2 Å². The topological polar surface area (TPSA) is 104 Å². The summed E-state index contributed by atoms with van der Waals surface area (Å²) in [6, 6.07) is 12.0. The number of rotatable bonds is 10. The number of nitrogens with zero attached hydrogens (tertiary/aromatic N) is 3. The van der Waals surface area contributed by atoms with Crippen molar-refractivity contribution in [1.29, 1.82) is 5.26 Å². The Morgan fingerprint density at radius 2 is 1.96 bits per heavy atom. The summed E-state index contributed by atoms with van der Waals surface area (Å²) in [6.45, 7) is 11.2. The molecule has 3 aliphatic carbocycles. The molecule has 2 bridgehead atoms. The molecule has 7 rings (SSSR count). The second kappa shape index (κ2) is 13.6. The van der Waals surface area contributed by atoms with Crippen molar-refractivity contribution in [3.8, 4) is 6.07 Å². The summed E-state index contributed by atoms with van der Waals surface area (Å²) in [5, 5.41) is 12.9. The lowest BCUT2D eigenvalue weighted by atomic mass is 9.43. The van der Waals surface area contributed by atoms with Gasteiger partial charge in [0.15, 0.2) is 0 Å². The van der Waals surface area contributed by atoms with Gasteiger partial charge in [0.25, 0.3) is 5.92 Å². The first-order valence-electron chi connectivity index (χ1n) is 17.9. The fourth-order valence-electron chi connectivity index (χ4n) is 8.98. The fourth-order valence-corrected chi connectivity index (χ4v) is 8.98. The van der Waals surface area contributed by atoms with Gasteiger partial charge in [0.2, 0.25) is 5.91 Å². The number of allylic oxidation sites excluding steroid dienone is 1. The third-order valence-electron chi connectivity index (χ3n) is 12.2. The van der Waals surface area contributed by atoms with E-state index in [4.69, 9.17) is 14.0 Å². The number of hydrogen-bond acceptors (Lipinski definition) is 7. The van der Waals surface area contributed by atoms with Crippen LogP contribution in [0.15, 0.2) is 42.5 Å². The fraction of sp³-hybridized carbons (Fsp3) is 0.703. The van der Waals surface area contributed by atoms with E-state index >= 15 is 0 Å². The molecule has 3 saturated carbocycles. The molecule has 2 amide bonds. The molecule has 1 aromatic carbocycles. The van der Waals surface area contributed by atoms with E-state index in [-0.39, 0.29) is 43.4 Å². The molecule has 0 radical (unpaired) electrons. The number of likely N-dealkylation sites (tertiary alicyclic amines) is 2. The second-order valence-electron chi connectivity index (χ2n) is 16.2. The molecule has 0 aromatic heterocycles. The molecular weight excluding hydrogens is 629 g/mol. The number of amides is 2. The number of carbonyl (C=O) groups excluding carboxylic acids is 2. The third kappa shape index (κ3) is 7.40. The molecule has 9 nitrogen and oxygen atoms in total. The molecule has 3 heterocycles. The maximum absolute atomic E-state index is 13.8. The lowest BCUT2D eigenvalue weighted by Crippen LogP contribution is -2.65. The predicted molar refractivity (Wildman–Crippen MR) is 181 cm³/mol. The van der Waals surface area contributed by atoms with Gasteiger partial charge in [0.1, 0.15) is 12.0 Å². The van der Waals surface area contributed by atoms with Crippen LogP contribution in [0, 0.1) is 34.5 Å². The smallest absolute Gasteiger partial charge is 0.444 e. The number of piperidine rings is 1. The normalized spacial score (nSPS) is 31.8. The predicted octanol–water partition coefficient (Wildman–Crippen LogP) is 5.79. The lowest BCUT2D eigenvalue weighted by molar-refractivity contribution is -0.199. The molecule has 3 aliphatic heterocycles. The third-order valence-corrected chi connectivity index (χ3v) is 12.2. The second-order valence-corrected chi connectivity index (χ2v) is 16.2. The van der Waals surface area contributed by atoms with Crippen molar-refractivity contribution in [3.63, 3.8) is 0 Å². The maximum atomic E-state index is 13.8. The number of alkyl carbamates (subject to hydrolysis) is 1. The van der Waals surface area contributed by atoms with Crippen LogP contribution >= 0.6 is 0 Å². The standard InChI is InChI=1S/C37H51BF2N4O5/c1-34(2,44-18-16-37(39,40)24-44)15-9-13-26(22-41)32(45)43-17-10-14-28(23-43)47-33(46)42-31(19-25-11-7-6-8-12-25)38-48-30-21-27-20-29(35(27,3)4)36(30,5)49-38/h6-9,11-12,15,26-31H,10,13-14,16-21,23-24H2,1-5H3,(H,42,46)/b15-9+/t26?,27-,28+,29-,30+,31-,36-/m0/s1. The van der Waals surface area contributed by atoms with E-state index in [9.17, 15) is 23.6 Å². The molecule has 6 aliphatic rings. The van der Waals surface area contributed by atoms with Gasteiger partial charge in [-0.2, -0.15) is 5.26 Å². The van der Waals surface area contributed by atoms with Crippen molar-refractivity contribution in [2.24, 2.45) is 23.2 Å².